The molecule has 0 amide bonds. The van der Waals surface area contributed by atoms with Crippen molar-refractivity contribution < 1.29 is 39.4 Å². The Labute approximate surface area is 128 Å². The number of aliphatic hydroxyl groups is 4. The first-order chi connectivity index (χ1) is 10.9. The van der Waals surface area contributed by atoms with Gasteiger partial charge in [-0.2, -0.15) is 0 Å². The van der Waals surface area contributed by atoms with Gasteiger partial charge in [0.05, 0.1) is 0 Å². The first-order valence-electron chi connectivity index (χ1n) is 6.68. The minimum atomic E-state index is -1.76. The quantitative estimate of drug-likeness (QED) is 0.421. The lowest BCUT2D eigenvalue weighted by atomic mass is 10.0. The summed E-state index contributed by atoms with van der Waals surface area (Å²) < 4.78 is 15.0. The van der Waals surface area contributed by atoms with Gasteiger partial charge in [0, 0.05) is 17.5 Å². The lowest BCUT2D eigenvalue weighted by Crippen LogP contribution is -2.59. The summed E-state index contributed by atoms with van der Waals surface area (Å²) in [6.45, 7) is 0. The molecule has 2 aromatic rings. The Balaban J connectivity index is 1.90. The number of phenolic OH excluding ortho intramolecular Hbond substituents is 1. The molecule has 9 nitrogen and oxygen atoms in total. The van der Waals surface area contributed by atoms with E-state index in [2.05, 4.69) is 0 Å². The van der Waals surface area contributed by atoms with Crippen molar-refractivity contribution in [2.75, 3.05) is 0 Å². The van der Waals surface area contributed by atoms with Crippen LogP contribution in [0.15, 0.2) is 33.5 Å². The first kappa shape index (κ1) is 15.7. The standard InChI is InChI=1S/C14H14O9/c15-6-4-7-5(1-2-9(16)21-7)3-8(6)22-14-12(19)10(17)11(18)13(20)23-14/h1-4,10-15,17-20H/t10-,11-,12-,13+,14-/m0/s1. The number of aliphatic hydroxyl groups excluding tert-OH is 4. The van der Waals surface area contributed by atoms with Crippen molar-refractivity contribution in [2.45, 2.75) is 30.9 Å². The van der Waals surface area contributed by atoms with Gasteiger partial charge >= 0.3 is 5.63 Å². The summed E-state index contributed by atoms with van der Waals surface area (Å²) in [5.74, 6) is -0.538. The van der Waals surface area contributed by atoms with Crippen LogP contribution in [0.1, 0.15) is 0 Å². The summed E-state index contributed by atoms with van der Waals surface area (Å²) >= 11 is 0. The van der Waals surface area contributed by atoms with Gasteiger partial charge in [0.25, 0.3) is 0 Å². The number of hydrogen-bond donors (Lipinski definition) is 5. The largest absolute Gasteiger partial charge is 0.504 e. The van der Waals surface area contributed by atoms with Gasteiger partial charge in [-0.15, -0.1) is 0 Å². The maximum absolute atomic E-state index is 11.1. The van der Waals surface area contributed by atoms with Crippen LogP contribution >= 0.6 is 0 Å². The van der Waals surface area contributed by atoms with E-state index in [1.807, 2.05) is 0 Å². The second-order valence-electron chi connectivity index (χ2n) is 5.10. The first-order valence-corrected chi connectivity index (χ1v) is 6.68. The minimum Gasteiger partial charge on any atom is -0.504 e. The summed E-state index contributed by atoms with van der Waals surface area (Å²) in [6.07, 6.45) is -8.33. The van der Waals surface area contributed by atoms with Crippen LogP contribution in [0, 0.1) is 0 Å². The SMILES string of the molecule is O=c1ccc2cc(O[C@H]3O[C@@H](O)[C@@H](O)[C@H](O)[C@@H]3O)c(O)cc2o1. The molecule has 23 heavy (non-hydrogen) atoms. The molecular formula is C14H14O9. The highest BCUT2D eigenvalue weighted by atomic mass is 16.7. The number of fused-ring (bicyclic) bond motifs is 1. The molecule has 1 aliphatic rings. The molecular weight excluding hydrogens is 312 g/mol. The Morgan fingerprint density at radius 3 is 2.48 bits per heavy atom. The molecule has 1 aromatic heterocycles. The Morgan fingerprint density at radius 1 is 1.00 bits per heavy atom. The van der Waals surface area contributed by atoms with E-state index < -0.39 is 42.3 Å². The molecule has 0 unspecified atom stereocenters. The number of hydrogen-bond acceptors (Lipinski definition) is 9. The van der Waals surface area contributed by atoms with Crippen LogP contribution in [0.2, 0.25) is 0 Å². The predicted molar refractivity (Wildman–Crippen MR) is 73.7 cm³/mol. The van der Waals surface area contributed by atoms with Gasteiger partial charge in [-0.05, 0) is 12.1 Å². The second kappa shape index (κ2) is 5.80. The van der Waals surface area contributed by atoms with E-state index in [9.17, 15) is 30.3 Å². The summed E-state index contributed by atoms with van der Waals surface area (Å²) in [5.41, 5.74) is -0.459. The van der Waals surface area contributed by atoms with Crippen LogP contribution in [-0.2, 0) is 4.74 Å². The lowest BCUT2D eigenvalue weighted by molar-refractivity contribution is -0.321. The Bertz CT molecular complexity index is 770. The van der Waals surface area contributed by atoms with E-state index in [0.29, 0.717) is 5.39 Å². The average Bonchev–Trinajstić information content (AvgIpc) is 2.51. The fourth-order valence-electron chi connectivity index (χ4n) is 2.23. The molecule has 2 heterocycles. The van der Waals surface area contributed by atoms with Crippen molar-refractivity contribution in [1.82, 2.24) is 0 Å². The van der Waals surface area contributed by atoms with Gasteiger partial charge in [0.15, 0.2) is 17.8 Å². The number of ether oxygens (including phenoxy) is 2. The van der Waals surface area contributed by atoms with Crippen LogP contribution in [-0.4, -0.2) is 56.4 Å². The maximum atomic E-state index is 11.1. The molecule has 0 radical (unpaired) electrons. The summed E-state index contributed by atoms with van der Waals surface area (Å²) in [4.78, 5) is 11.1. The number of rotatable bonds is 2. The Kier molecular flexibility index (Phi) is 3.96. The fraction of sp³-hybridized carbons (Fsp3) is 0.357. The number of benzene rings is 1. The highest BCUT2D eigenvalue weighted by Crippen LogP contribution is 2.33. The van der Waals surface area contributed by atoms with E-state index in [0.717, 1.165) is 6.07 Å². The smallest absolute Gasteiger partial charge is 0.336 e. The van der Waals surface area contributed by atoms with Crippen molar-refractivity contribution in [1.29, 1.82) is 0 Å². The molecule has 3 rings (SSSR count). The minimum absolute atomic E-state index is 0.128. The van der Waals surface area contributed by atoms with Crippen LogP contribution in [0.25, 0.3) is 11.0 Å². The van der Waals surface area contributed by atoms with Gasteiger partial charge < -0.3 is 39.4 Å². The van der Waals surface area contributed by atoms with Crippen molar-refractivity contribution in [3.63, 3.8) is 0 Å². The zero-order valence-electron chi connectivity index (χ0n) is 11.6. The normalized spacial score (nSPS) is 31.2. The van der Waals surface area contributed by atoms with E-state index in [4.69, 9.17) is 13.9 Å². The molecule has 0 saturated carbocycles. The molecule has 1 aromatic carbocycles. The predicted octanol–water partition coefficient (Wildman–Crippen LogP) is -1.37. The molecule has 5 N–H and O–H groups in total. The maximum Gasteiger partial charge on any atom is 0.336 e. The molecule has 1 fully saturated rings. The third kappa shape index (κ3) is 2.87. The van der Waals surface area contributed by atoms with E-state index in [-0.39, 0.29) is 11.3 Å². The topological polar surface area (TPSA) is 150 Å². The molecule has 1 aliphatic heterocycles. The monoisotopic (exact) mass is 326 g/mol. The Hall–Kier alpha value is -2.17. The second-order valence-corrected chi connectivity index (χ2v) is 5.10. The highest BCUT2D eigenvalue weighted by Gasteiger charge is 2.44. The van der Waals surface area contributed by atoms with Gasteiger partial charge in [-0.25, -0.2) is 4.79 Å². The van der Waals surface area contributed by atoms with Gasteiger partial charge in [-0.1, -0.05) is 0 Å². The molecule has 124 valence electrons. The summed E-state index contributed by atoms with van der Waals surface area (Å²) in [6, 6.07) is 5.09. The molecule has 5 atom stereocenters. The van der Waals surface area contributed by atoms with E-state index in [1.54, 1.807) is 0 Å². The fourth-order valence-corrected chi connectivity index (χ4v) is 2.23. The molecule has 9 heteroatoms. The van der Waals surface area contributed by atoms with E-state index >= 15 is 0 Å². The van der Waals surface area contributed by atoms with Gasteiger partial charge in [0.2, 0.25) is 6.29 Å². The summed E-state index contributed by atoms with van der Waals surface area (Å²) in [5, 5.41) is 48.6. The Morgan fingerprint density at radius 2 is 1.74 bits per heavy atom. The third-order valence-electron chi connectivity index (χ3n) is 3.49. The van der Waals surface area contributed by atoms with Crippen molar-refractivity contribution in [2.24, 2.45) is 0 Å². The average molecular weight is 326 g/mol. The zero-order chi connectivity index (χ0) is 16.7. The molecule has 0 spiro atoms. The van der Waals surface area contributed by atoms with Crippen molar-refractivity contribution in [3.8, 4) is 11.5 Å². The molecule has 0 aliphatic carbocycles. The number of aromatic hydroxyl groups is 1. The van der Waals surface area contributed by atoms with Gasteiger partial charge in [0.1, 0.15) is 23.9 Å². The molecule has 0 bridgehead atoms. The van der Waals surface area contributed by atoms with Gasteiger partial charge in [-0.3, -0.25) is 0 Å². The van der Waals surface area contributed by atoms with Crippen LogP contribution in [0.3, 0.4) is 0 Å². The highest BCUT2D eigenvalue weighted by molar-refractivity contribution is 5.80. The van der Waals surface area contributed by atoms with Crippen molar-refractivity contribution in [3.05, 3.63) is 34.7 Å². The third-order valence-corrected chi connectivity index (χ3v) is 3.49. The lowest BCUT2D eigenvalue weighted by Gasteiger charge is -2.37. The van der Waals surface area contributed by atoms with E-state index in [1.165, 1.54) is 18.2 Å². The molecule has 1 saturated heterocycles. The zero-order valence-corrected chi connectivity index (χ0v) is 11.6. The van der Waals surface area contributed by atoms with Crippen LogP contribution < -0.4 is 10.4 Å². The van der Waals surface area contributed by atoms with Crippen LogP contribution in [0.4, 0.5) is 0 Å². The summed E-state index contributed by atoms with van der Waals surface area (Å²) in [7, 11) is 0. The van der Waals surface area contributed by atoms with Crippen LogP contribution in [0.5, 0.6) is 11.5 Å². The van der Waals surface area contributed by atoms with Crippen molar-refractivity contribution >= 4 is 11.0 Å². The number of phenols is 1.